The third kappa shape index (κ3) is 3.23. The largest absolute Gasteiger partial charge is 0.458 e. The van der Waals surface area contributed by atoms with Crippen molar-refractivity contribution in [3.8, 4) is 11.5 Å². The summed E-state index contributed by atoms with van der Waals surface area (Å²) in [6.45, 7) is 2.22. The van der Waals surface area contributed by atoms with Crippen molar-refractivity contribution in [2.75, 3.05) is 0 Å². The number of nitrogens with zero attached hydrogens (tertiary/aromatic N) is 1. The van der Waals surface area contributed by atoms with Gasteiger partial charge in [-0.1, -0.05) is 31.5 Å². The van der Waals surface area contributed by atoms with Gasteiger partial charge in [-0.15, -0.1) is 0 Å². The number of esters is 1. The van der Waals surface area contributed by atoms with Crippen LogP contribution in [-0.4, -0.2) is 17.1 Å². The van der Waals surface area contributed by atoms with Crippen molar-refractivity contribution in [2.24, 2.45) is 5.92 Å². The van der Waals surface area contributed by atoms with Crippen molar-refractivity contribution in [1.29, 1.82) is 0 Å². The molecule has 126 valence electrons. The zero-order valence-corrected chi connectivity index (χ0v) is 14.0. The fourth-order valence-electron chi connectivity index (χ4n) is 3.50. The minimum atomic E-state index is -0.318. The van der Waals surface area contributed by atoms with E-state index in [9.17, 15) is 4.79 Å². The van der Waals surface area contributed by atoms with E-state index in [0.717, 1.165) is 37.7 Å². The number of aromatic nitrogens is 1. The standard InChI is InChI=1S/C20H23NO3/c1-13-6-5-9-16(12-13)23-20(22)17-18(14-10-11-14)24-19(21-17)15-7-3-2-4-8-15/h2-4,7-8,13-14,16H,5-6,9-12H2,1H3. The topological polar surface area (TPSA) is 52.3 Å². The van der Waals surface area contributed by atoms with Gasteiger partial charge in [0.2, 0.25) is 5.89 Å². The van der Waals surface area contributed by atoms with Crippen LogP contribution in [0.15, 0.2) is 34.7 Å². The Labute approximate surface area is 142 Å². The lowest BCUT2D eigenvalue weighted by Crippen LogP contribution is -2.25. The Hall–Kier alpha value is -2.10. The Kier molecular flexibility index (Phi) is 4.13. The van der Waals surface area contributed by atoms with Gasteiger partial charge in [0.15, 0.2) is 5.69 Å². The molecule has 0 saturated heterocycles. The highest BCUT2D eigenvalue weighted by Crippen LogP contribution is 2.43. The average Bonchev–Trinajstić information content (AvgIpc) is 3.34. The minimum Gasteiger partial charge on any atom is -0.458 e. The molecule has 0 amide bonds. The Balaban J connectivity index is 1.57. The molecule has 0 aliphatic heterocycles. The molecular formula is C20H23NO3. The van der Waals surface area contributed by atoms with Crippen LogP contribution in [0.3, 0.4) is 0 Å². The second-order valence-corrected chi connectivity index (χ2v) is 7.17. The molecule has 2 atom stereocenters. The summed E-state index contributed by atoms with van der Waals surface area (Å²) in [7, 11) is 0. The lowest BCUT2D eigenvalue weighted by molar-refractivity contribution is 0.0147. The van der Waals surface area contributed by atoms with Crippen LogP contribution in [0, 0.1) is 5.92 Å². The second kappa shape index (κ2) is 6.42. The number of carbonyl (C=O) groups excluding carboxylic acids is 1. The van der Waals surface area contributed by atoms with Gasteiger partial charge in [-0.3, -0.25) is 0 Å². The molecule has 0 spiro atoms. The van der Waals surface area contributed by atoms with E-state index < -0.39 is 0 Å². The van der Waals surface area contributed by atoms with E-state index in [-0.39, 0.29) is 12.1 Å². The van der Waals surface area contributed by atoms with E-state index in [1.54, 1.807) is 0 Å². The van der Waals surface area contributed by atoms with Crippen molar-refractivity contribution >= 4 is 5.97 Å². The molecule has 1 aromatic heterocycles. The highest BCUT2D eigenvalue weighted by Gasteiger charge is 2.35. The van der Waals surface area contributed by atoms with Crippen molar-refractivity contribution in [2.45, 2.75) is 57.5 Å². The Morgan fingerprint density at radius 1 is 1.17 bits per heavy atom. The molecule has 4 heteroatoms. The van der Waals surface area contributed by atoms with Crippen molar-refractivity contribution in [3.63, 3.8) is 0 Å². The van der Waals surface area contributed by atoms with E-state index in [4.69, 9.17) is 9.15 Å². The van der Waals surface area contributed by atoms with Crippen molar-refractivity contribution < 1.29 is 13.9 Å². The van der Waals surface area contributed by atoms with E-state index >= 15 is 0 Å². The Bertz CT molecular complexity index is 718. The highest BCUT2D eigenvalue weighted by molar-refractivity contribution is 5.89. The average molecular weight is 325 g/mol. The molecule has 1 aromatic carbocycles. The van der Waals surface area contributed by atoms with Gasteiger partial charge in [-0.05, 0) is 50.2 Å². The van der Waals surface area contributed by atoms with Crippen LogP contribution in [0.4, 0.5) is 0 Å². The van der Waals surface area contributed by atoms with Crippen LogP contribution in [-0.2, 0) is 4.74 Å². The van der Waals surface area contributed by atoms with Crippen LogP contribution in [0.2, 0.25) is 0 Å². The first kappa shape index (κ1) is 15.4. The number of carbonyl (C=O) groups is 1. The summed E-state index contributed by atoms with van der Waals surface area (Å²) in [6, 6.07) is 9.73. The maximum Gasteiger partial charge on any atom is 0.360 e. The molecule has 0 radical (unpaired) electrons. The van der Waals surface area contributed by atoms with E-state index in [1.807, 2.05) is 30.3 Å². The summed E-state index contributed by atoms with van der Waals surface area (Å²) >= 11 is 0. The lowest BCUT2D eigenvalue weighted by atomic mass is 9.89. The monoisotopic (exact) mass is 325 g/mol. The number of hydrogen-bond acceptors (Lipinski definition) is 4. The van der Waals surface area contributed by atoms with Crippen molar-refractivity contribution in [3.05, 3.63) is 41.8 Å². The molecule has 2 fully saturated rings. The van der Waals surface area contributed by atoms with Gasteiger partial charge in [0.1, 0.15) is 11.9 Å². The molecule has 2 unspecified atom stereocenters. The predicted octanol–water partition coefficient (Wildman–Crippen LogP) is 4.95. The summed E-state index contributed by atoms with van der Waals surface area (Å²) in [5.74, 6) is 1.85. The minimum absolute atomic E-state index is 0.0187. The first-order chi connectivity index (χ1) is 11.7. The molecule has 24 heavy (non-hydrogen) atoms. The number of hydrogen-bond donors (Lipinski definition) is 0. The summed E-state index contributed by atoms with van der Waals surface area (Å²) in [4.78, 5) is 17.2. The van der Waals surface area contributed by atoms with Crippen molar-refractivity contribution in [1.82, 2.24) is 4.98 Å². The molecule has 2 aromatic rings. The van der Waals surface area contributed by atoms with Crippen LogP contribution in [0.1, 0.15) is 67.6 Å². The summed E-state index contributed by atoms with van der Waals surface area (Å²) in [6.07, 6.45) is 6.40. The number of benzene rings is 1. The first-order valence-electron chi connectivity index (χ1n) is 8.98. The molecule has 0 bridgehead atoms. The molecular weight excluding hydrogens is 302 g/mol. The van der Waals surface area contributed by atoms with Gasteiger partial charge in [-0.25, -0.2) is 9.78 Å². The Morgan fingerprint density at radius 2 is 1.96 bits per heavy atom. The summed E-state index contributed by atoms with van der Waals surface area (Å²) in [5, 5.41) is 0. The second-order valence-electron chi connectivity index (χ2n) is 7.17. The molecule has 2 aliphatic rings. The third-order valence-electron chi connectivity index (χ3n) is 4.98. The SMILES string of the molecule is CC1CCCC(OC(=O)c2nc(-c3ccccc3)oc2C2CC2)C1. The first-order valence-corrected chi connectivity index (χ1v) is 8.98. The number of oxazole rings is 1. The maximum atomic E-state index is 12.7. The number of rotatable bonds is 4. The van der Waals surface area contributed by atoms with E-state index in [0.29, 0.717) is 29.2 Å². The summed E-state index contributed by atoms with van der Waals surface area (Å²) < 4.78 is 11.7. The van der Waals surface area contributed by atoms with Gasteiger partial charge in [0.25, 0.3) is 0 Å². The van der Waals surface area contributed by atoms with Gasteiger partial charge < -0.3 is 9.15 Å². The highest BCUT2D eigenvalue weighted by atomic mass is 16.5. The van der Waals surface area contributed by atoms with Crippen LogP contribution in [0.25, 0.3) is 11.5 Å². The van der Waals surface area contributed by atoms with Crippen LogP contribution in [0.5, 0.6) is 0 Å². The zero-order chi connectivity index (χ0) is 16.5. The van der Waals surface area contributed by atoms with Crippen LogP contribution >= 0.6 is 0 Å². The van der Waals surface area contributed by atoms with Gasteiger partial charge in [-0.2, -0.15) is 0 Å². The lowest BCUT2D eigenvalue weighted by Gasteiger charge is -2.26. The predicted molar refractivity (Wildman–Crippen MR) is 90.7 cm³/mol. The molecule has 4 rings (SSSR count). The molecule has 2 saturated carbocycles. The molecule has 0 N–H and O–H groups in total. The third-order valence-corrected chi connectivity index (χ3v) is 4.98. The summed E-state index contributed by atoms with van der Waals surface area (Å²) in [5.41, 5.74) is 1.28. The smallest absolute Gasteiger partial charge is 0.360 e. The molecule has 1 heterocycles. The van der Waals surface area contributed by atoms with E-state index in [1.165, 1.54) is 6.42 Å². The number of ether oxygens (including phenoxy) is 1. The quantitative estimate of drug-likeness (QED) is 0.746. The molecule has 4 nitrogen and oxygen atoms in total. The van der Waals surface area contributed by atoms with Gasteiger partial charge >= 0.3 is 5.97 Å². The normalized spacial score (nSPS) is 23.9. The Morgan fingerprint density at radius 3 is 2.67 bits per heavy atom. The van der Waals surface area contributed by atoms with Gasteiger partial charge in [0, 0.05) is 11.5 Å². The zero-order valence-electron chi connectivity index (χ0n) is 14.0. The fourth-order valence-corrected chi connectivity index (χ4v) is 3.50. The van der Waals surface area contributed by atoms with E-state index in [2.05, 4.69) is 11.9 Å². The van der Waals surface area contributed by atoms with Gasteiger partial charge in [0.05, 0.1) is 0 Å². The molecule has 2 aliphatic carbocycles. The fraction of sp³-hybridized carbons (Fsp3) is 0.500. The van der Waals surface area contributed by atoms with Crippen LogP contribution < -0.4 is 0 Å². The maximum absolute atomic E-state index is 12.7.